The first-order valence-electron chi connectivity index (χ1n) is 3.31. The van der Waals surface area contributed by atoms with E-state index in [4.69, 9.17) is 15.3 Å². The highest BCUT2D eigenvalue weighted by atomic mass is 16.7. The Hall–Kier alpha value is -0.810. The van der Waals surface area contributed by atoms with Gasteiger partial charge in [0.2, 0.25) is 0 Å². The van der Waals surface area contributed by atoms with Crippen molar-refractivity contribution in [3.05, 3.63) is 0 Å². The zero-order valence-electron chi connectivity index (χ0n) is 5.86. The number of rotatable bonds is 3. The van der Waals surface area contributed by atoms with Gasteiger partial charge in [-0.25, -0.2) is 4.79 Å². The van der Waals surface area contributed by atoms with Crippen molar-refractivity contribution in [2.75, 3.05) is 6.61 Å². The number of hydrogen-bond donors (Lipinski definition) is 3. The summed E-state index contributed by atoms with van der Waals surface area (Å²) in [6.07, 6.45) is -1.52. The van der Waals surface area contributed by atoms with Gasteiger partial charge >= 0.3 is 6.16 Å². The fourth-order valence-electron chi connectivity index (χ4n) is 0.967. The molecule has 0 radical (unpaired) electrons. The van der Waals surface area contributed by atoms with E-state index in [1.165, 1.54) is 0 Å². The molecule has 1 fully saturated rings. The smallest absolute Gasteiger partial charge is 0.450 e. The normalized spacial score (nSPS) is 22.4. The lowest BCUT2D eigenvalue weighted by molar-refractivity contribution is -0.0549. The lowest BCUT2D eigenvalue weighted by Gasteiger charge is -2.18. The summed E-state index contributed by atoms with van der Waals surface area (Å²) in [5.74, 6) is 0. The van der Waals surface area contributed by atoms with E-state index in [0.29, 0.717) is 12.8 Å². The Labute approximate surface area is 63.2 Å². The summed E-state index contributed by atoms with van der Waals surface area (Å²) in [7, 11) is 0. The molecule has 3 N–H and O–H groups in total. The van der Waals surface area contributed by atoms with Crippen LogP contribution in [0.25, 0.3) is 0 Å². The maximum atomic E-state index is 10.1. The number of aliphatic hydroxyl groups excluding tert-OH is 2. The second-order valence-electron chi connectivity index (χ2n) is 2.63. The molecule has 5 heteroatoms. The minimum Gasteiger partial charge on any atom is -0.450 e. The number of aliphatic hydroxyl groups is 2. The molecule has 1 saturated carbocycles. The first-order chi connectivity index (χ1) is 5.10. The molecule has 1 aliphatic rings. The van der Waals surface area contributed by atoms with Crippen LogP contribution in [0.5, 0.6) is 0 Å². The average molecular weight is 162 g/mol. The molecule has 0 aliphatic heterocycles. The summed E-state index contributed by atoms with van der Waals surface area (Å²) in [6.45, 7) is -0.465. The molecule has 5 nitrogen and oxygen atoms in total. The summed E-state index contributed by atoms with van der Waals surface area (Å²) >= 11 is 0. The van der Waals surface area contributed by atoms with Gasteiger partial charge in [-0.1, -0.05) is 0 Å². The quantitative estimate of drug-likeness (QED) is 0.490. The topological polar surface area (TPSA) is 87.0 Å². The second-order valence-corrected chi connectivity index (χ2v) is 2.63. The summed E-state index contributed by atoms with van der Waals surface area (Å²) < 4.78 is 4.41. The summed E-state index contributed by atoms with van der Waals surface area (Å²) in [5, 5.41) is 25.8. The van der Waals surface area contributed by atoms with Crippen LogP contribution in [0.4, 0.5) is 4.79 Å². The molecule has 0 bridgehead atoms. The highest BCUT2D eigenvalue weighted by molar-refractivity contribution is 5.58. The first kappa shape index (κ1) is 8.29. The van der Waals surface area contributed by atoms with Crippen LogP contribution >= 0.6 is 0 Å². The lowest BCUT2D eigenvalue weighted by atomic mass is 10.2. The van der Waals surface area contributed by atoms with Crippen LogP contribution in [0.1, 0.15) is 12.8 Å². The molecule has 1 rings (SSSR count). The molecule has 1 aliphatic carbocycles. The van der Waals surface area contributed by atoms with Crippen molar-refractivity contribution in [3.63, 3.8) is 0 Å². The van der Waals surface area contributed by atoms with Gasteiger partial charge in [-0.3, -0.25) is 0 Å². The fraction of sp³-hybridized carbons (Fsp3) is 0.833. The number of carbonyl (C=O) groups is 1. The highest BCUT2D eigenvalue weighted by Crippen LogP contribution is 2.42. The van der Waals surface area contributed by atoms with Crippen molar-refractivity contribution in [3.8, 4) is 0 Å². The molecule has 0 spiro atoms. The van der Waals surface area contributed by atoms with Crippen LogP contribution < -0.4 is 0 Å². The minimum absolute atomic E-state index is 0.465. The molecule has 1 atom stereocenters. The standard InChI is InChI=1S/C6H10O5/c7-3-4(8)6(1-2-6)11-5(9)10/h4,7-8H,1-3H2,(H,9,10). The predicted molar refractivity (Wildman–Crippen MR) is 34.2 cm³/mol. The summed E-state index contributed by atoms with van der Waals surface area (Å²) in [5.41, 5.74) is -1.01. The van der Waals surface area contributed by atoms with E-state index in [2.05, 4.69) is 4.74 Å². The van der Waals surface area contributed by atoms with Gasteiger partial charge in [0.05, 0.1) is 6.61 Å². The molecule has 0 aromatic rings. The number of ether oxygens (including phenoxy) is 1. The Morgan fingerprint density at radius 2 is 2.18 bits per heavy atom. The molecule has 0 aromatic heterocycles. The fourth-order valence-corrected chi connectivity index (χ4v) is 0.967. The van der Waals surface area contributed by atoms with E-state index < -0.39 is 24.5 Å². The van der Waals surface area contributed by atoms with E-state index in [0.717, 1.165) is 0 Å². The van der Waals surface area contributed by atoms with Crippen LogP contribution in [-0.4, -0.2) is 39.8 Å². The van der Waals surface area contributed by atoms with Crippen molar-refractivity contribution < 1.29 is 24.9 Å². The van der Waals surface area contributed by atoms with Crippen molar-refractivity contribution >= 4 is 6.16 Å². The lowest BCUT2D eigenvalue weighted by Crippen LogP contribution is -2.35. The highest BCUT2D eigenvalue weighted by Gasteiger charge is 2.53. The second kappa shape index (κ2) is 2.67. The van der Waals surface area contributed by atoms with E-state index in [9.17, 15) is 4.79 Å². The third kappa shape index (κ3) is 1.61. The van der Waals surface area contributed by atoms with Crippen molar-refractivity contribution in [2.24, 2.45) is 0 Å². The number of hydrogen-bond acceptors (Lipinski definition) is 4. The summed E-state index contributed by atoms with van der Waals surface area (Å²) in [4.78, 5) is 10.1. The Morgan fingerprint density at radius 3 is 2.45 bits per heavy atom. The largest absolute Gasteiger partial charge is 0.506 e. The van der Waals surface area contributed by atoms with Crippen LogP contribution in [0.2, 0.25) is 0 Å². The molecule has 0 saturated heterocycles. The van der Waals surface area contributed by atoms with Gasteiger partial charge in [-0.2, -0.15) is 0 Å². The maximum Gasteiger partial charge on any atom is 0.506 e. The number of carboxylic acid groups (broad SMARTS) is 1. The SMILES string of the molecule is O=C(O)OC1(C(O)CO)CC1. The van der Waals surface area contributed by atoms with Gasteiger partial charge in [0.25, 0.3) is 0 Å². The minimum atomic E-state index is -1.41. The third-order valence-electron chi connectivity index (χ3n) is 1.81. The predicted octanol–water partition coefficient (Wildman–Crippen LogP) is -0.433. The zero-order valence-corrected chi connectivity index (χ0v) is 5.86. The van der Waals surface area contributed by atoms with Crippen molar-refractivity contribution in [1.29, 1.82) is 0 Å². The molecule has 1 unspecified atom stereocenters. The molecular formula is C6H10O5. The zero-order chi connectivity index (χ0) is 8.48. The first-order valence-corrected chi connectivity index (χ1v) is 3.31. The third-order valence-corrected chi connectivity index (χ3v) is 1.81. The maximum absolute atomic E-state index is 10.1. The Kier molecular flexibility index (Phi) is 2.01. The Balaban J connectivity index is 2.46. The van der Waals surface area contributed by atoms with E-state index in [-0.39, 0.29) is 0 Å². The summed E-state index contributed by atoms with van der Waals surface area (Å²) in [6, 6.07) is 0. The molecule has 11 heavy (non-hydrogen) atoms. The monoisotopic (exact) mass is 162 g/mol. The molecule has 0 aromatic carbocycles. The van der Waals surface area contributed by atoms with E-state index in [1.54, 1.807) is 0 Å². The van der Waals surface area contributed by atoms with Crippen molar-refractivity contribution in [1.82, 2.24) is 0 Å². The average Bonchev–Trinajstić information content (AvgIpc) is 2.67. The van der Waals surface area contributed by atoms with Crippen LogP contribution in [-0.2, 0) is 4.74 Å². The Bertz CT molecular complexity index is 162. The van der Waals surface area contributed by atoms with Crippen LogP contribution in [0.3, 0.4) is 0 Å². The van der Waals surface area contributed by atoms with Crippen molar-refractivity contribution in [2.45, 2.75) is 24.5 Å². The van der Waals surface area contributed by atoms with Gasteiger partial charge in [0, 0.05) is 0 Å². The van der Waals surface area contributed by atoms with Gasteiger partial charge in [0.1, 0.15) is 11.7 Å². The molecule has 64 valence electrons. The van der Waals surface area contributed by atoms with Crippen LogP contribution in [0.15, 0.2) is 0 Å². The van der Waals surface area contributed by atoms with Gasteiger partial charge in [-0.05, 0) is 12.8 Å². The van der Waals surface area contributed by atoms with E-state index in [1.807, 2.05) is 0 Å². The Morgan fingerprint density at radius 1 is 1.64 bits per heavy atom. The molecular weight excluding hydrogens is 152 g/mol. The van der Waals surface area contributed by atoms with Gasteiger partial charge < -0.3 is 20.1 Å². The molecule has 0 heterocycles. The van der Waals surface area contributed by atoms with E-state index >= 15 is 0 Å². The van der Waals surface area contributed by atoms with Gasteiger partial charge in [-0.15, -0.1) is 0 Å². The molecule has 0 amide bonds. The van der Waals surface area contributed by atoms with Crippen LogP contribution in [0, 0.1) is 0 Å². The van der Waals surface area contributed by atoms with Gasteiger partial charge in [0.15, 0.2) is 0 Å².